The summed E-state index contributed by atoms with van der Waals surface area (Å²) in [5.41, 5.74) is 0.766. The van der Waals surface area contributed by atoms with Crippen molar-refractivity contribution in [2.75, 3.05) is 20.3 Å². The minimum absolute atomic E-state index is 0.0436. The molecule has 1 heterocycles. The quantitative estimate of drug-likeness (QED) is 0.435. The number of aromatic hydroxyl groups is 1. The molecule has 3 rings (SSSR count). The van der Waals surface area contributed by atoms with E-state index in [4.69, 9.17) is 27.9 Å². The number of ether oxygens (including phenoxy) is 1. The number of aliphatic hydroxyl groups excluding tert-OH is 1. The standard InChI is InChI=1S/C20H17Cl2NO5/c1-28-9-8-23-17(11-2-5-13(24)6-3-11)16(19(26)20(23)27)18(25)12-4-7-14(21)15(22)10-12/h2-7,10,17,24-25H,8-9H2,1H3/b18-16-. The third kappa shape index (κ3) is 3.71. The maximum atomic E-state index is 12.7. The number of phenols is 1. The summed E-state index contributed by atoms with van der Waals surface area (Å²) in [6.45, 7) is 0.374. The van der Waals surface area contributed by atoms with Crippen LogP contribution in [0.15, 0.2) is 48.0 Å². The highest BCUT2D eigenvalue weighted by atomic mass is 35.5. The van der Waals surface area contributed by atoms with Crippen LogP contribution in [0, 0.1) is 0 Å². The maximum Gasteiger partial charge on any atom is 0.295 e. The fourth-order valence-electron chi connectivity index (χ4n) is 3.10. The summed E-state index contributed by atoms with van der Waals surface area (Å²) < 4.78 is 5.04. The Morgan fingerprint density at radius 3 is 2.39 bits per heavy atom. The molecule has 0 spiro atoms. The maximum absolute atomic E-state index is 12.7. The molecule has 0 aliphatic carbocycles. The number of Topliss-reactive ketones (excluding diaryl/α,β-unsaturated/α-hetero) is 1. The Bertz CT molecular complexity index is 956. The van der Waals surface area contributed by atoms with E-state index in [1.54, 1.807) is 12.1 Å². The second-order valence-corrected chi connectivity index (χ2v) is 7.02. The second-order valence-electron chi connectivity index (χ2n) is 6.21. The highest BCUT2D eigenvalue weighted by Gasteiger charge is 2.45. The number of carbonyl (C=O) groups is 2. The number of nitrogens with zero attached hydrogens (tertiary/aromatic N) is 1. The molecule has 1 fully saturated rings. The molecule has 2 aromatic carbocycles. The van der Waals surface area contributed by atoms with Crippen molar-refractivity contribution in [2.24, 2.45) is 0 Å². The van der Waals surface area contributed by atoms with Crippen LogP contribution in [-0.4, -0.2) is 47.1 Å². The van der Waals surface area contributed by atoms with Gasteiger partial charge in [-0.05, 0) is 35.9 Å². The Kier molecular flexibility index (Phi) is 5.93. The van der Waals surface area contributed by atoms with Crippen LogP contribution in [0.5, 0.6) is 5.75 Å². The average Bonchev–Trinajstić information content (AvgIpc) is 2.93. The van der Waals surface area contributed by atoms with E-state index in [1.807, 2.05) is 0 Å². The van der Waals surface area contributed by atoms with Crippen molar-refractivity contribution in [1.29, 1.82) is 0 Å². The van der Waals surface area contributed by atoms with Gasteiger partial charge in [0.05, 0.1) is 28.3 Å². The molecule has 146 valence electrons. The minimum atomic E-state index is -0.829. The van der Waals surface area contributed by atoms with Crippen LogP contribution in [0.4, 0.5) is 0 Å². The third-order valence-corrected chi connectivity index (χ3v) is 5.22. The largest absolute Gasteiger partial charge is 0.508 e. The minimum Gasteiger partial charge on any atom is -0.508 e. The van der Waals surface area contributed by atoms with Crippen LogP contribution in [0.1, 0.15) is 17.2 Å². The zero-order valence-corrected chi connectivity index (χ0v) is 16.4. The Hall–Kier alpha value is -2.54. The molecule has 1 saturated heterocycles. The number of likely N-dealkylation sites (tertiary alicyclic amines) is 1. The lowest BCUT2D eigenvalue weighted by Gasteiger charge is -2.25. The lowest BCUT2D eigenvalue weighted by Crippen LogP contribution is -2.32. The molecule has 1 amide bonds. The van der Waals surface area contributed by atoms with Gasteiger partial charge in [-0.25, -0.2) is 0 Å². The van der Waals surface area contributed by atoms with Gasteiger partial charge in [-0.1, -0.05) is 35.3 Å². The number of rotatable bonds is 5. The van der Waals surface area contributed by atoms with Crippen LogP contribution in [0.3, 0.4) is 0 Å². The topological polar surface area (TPSA) is 87.1 Å². The van der Waals surface area contributed by atoms with Crippen molar-refractivity contribution in [3.63, 3.8) is 0 Å². The first-order valence-corrected chi connectivity index (χ1v) is 9.12. The van der Waals surface area contributed by atoms with Crippen molar-refractivity contribution in [2.45, 2.75) is 6.04 Å². The highest BCUT2D eigenvalue weighted by Crippen LogP contribution is 2.40. The molecule has 1 atom stereocenters. The first-order valence-electron chi connectivity index (χ1n) is 8.37. The second kappa shape index (κ2) is 8.22. The number of hydrogen-bond acceptors (Lipinski definition) is 5. The van der Waals surface area contributed by atoms with E-state index in [2.05, 4.69) is 0 Å². The van der Waals surface area contributed by atoms with E-state index >= 15 is 0 Å². The summed E-state index contributed by atoms with van der Waals surface area (Å²) in [6, 6.07) is 9.69. The van der Waals surface area contributed by atoms with Crippen molar-refractivity contribution >= 4 is 40.7 Å². The summed E-state index contributed by atoms with van der Waals surface area (Å²) >= 11 is 11.9. The molecule has 1 unspecified atom stereocenters. The van der Waals surface area contributed by atoms with Gasteiger partial charge in [-0.2, -0.15) is 0 Å². The number of halogens is 2. The average molecular weight is 422 g/mol. The van der Waals surface area contributed by atoms with Crippen molar-refractivity contribution in [1.82, 2.24) is 4.90 Å². The zero-order valence-electron chi connectivity index (χ0n) is 14.9. The molecule has 0 radical (unpaired) electrons. The predicted octanol–water partition coefficient (Wildman–Crippen LogP) is 3.77. The number of phenolic OH excluding ortho intramolecular Hbond substituents is 1. The van der Waals surface area contributed by atoms with E-state index in [9.17, 15) is 19.8 Å². The van der Waals surface area contributed by atoms with Gasteiger partial charge < -0.3 is 19.8 Å². The molecule has 0 aromatic heterocycles. The summed E-state index contributed by atoms with van der Waals surface area (Å²) in [7, 11) is 1.49. The van der Waals surface area contributed by atoms with Gasteiger partial charge in [0, 0.05) is 19.2 Å². The van der Waals surface area contributed by atoms with Crippen LogP contribution in [0.25, 0.3) is 5.76 Å². The normalized spacial score (nSPS) is 18.7. The number of aliphatic hydroxyl groups is 1. The monoisotopic (exact) mass is 421 g/mol. The first kappa shape index (κ1) is 20.2. The number of ketones is 1. The molecule has 0 saturated carbocycles. The van der Waals surface area contributed by atoms with E-state index in [0.717, 1.165) is 0 Å². The molecular weight excluding hydrogens is 405 g/mol. The summed E-state index contributed by atoms with van der Waals surface area (Å²) in [5.74, 6) is -1.86. The van der Waals surface area contributed by atoms with Crippen LogP contribution in [0.2, 0.25) is 10.0 Å². The van der Waals surface area contributed by atoms with Gasteiger partial charge in [0.15, 0.2) is 0 Å². The molecular formula is C20H17Cl2NO5. The summed E-state index contributed by atoms with van der Waals surface area (Å²) in [4.78, 5) is 26.7. The molecule has 8 heteroatoms. The number of hydrogen-bond donors (Lipinski definition) is 2. The van der Waals surface area contributed by atoms with E-state index in [-0.39, 0.29) is 40.8 Å². The number of methoxy groups -OCH3 is 1. The van der Waals surface area contributed by atoms with Crippen molar-refractivity contribution in [3.8, 4) is 5.75 Å². The Morgan fingerprint density at radius 1 is 1.11 bits per heavy atom. The zero-order chi connectivity index (χ0) is 20.4. The van der Waals surface area contributed by atoms with Gasteiger partial charge >= 0.3 is 0 Å². The molecule has 6 nitrogen and oxygen atoms in total. The number of benzene rings is 2. The summed E-state index contributed by atoms with van der Waals surface area (Å²) in [5, 5.41) is 20.9. The van der Waals surface area contributed by atoms with E-state index < -0.39 is 17.7 Å². The van der Waals surface area contributed by atoms with Crippen LogP contribution >= 0.6 is 23.2 Å². The molecule has 2 N–H and O–H groups in total. The van der Waals surface area contributed by atoms with E-state index in [0.29, 0.717) is 10.6 Å². The molecule has 1 aliphatic heterocycles. The van der Waals surface area contributed by atoms with Gasteiger partial charge in [-0.15, -0.1) is 0 Å². The Labute approximate surface area is 171 Å². The van der Waals surface area contributed by atoms with Crippen LogP contribution in [-0.2, 0) is 14.3 Å². The molecule has 28 heavy (non-hydrogen) atoms. The molecule has 1 aliphatic rings. The number of carbonyl (C=O) groups excluding carboxylic acids is 2. The smallest absolute Gasteiger partial charge is 0.295 e. The fraction of sp³-hybridized carbons (Fsp3) is 0.200. The van der Waals surface area contributed by atoms with Gasteiger partial charge in [0.1, 0.15) is 11.5 Å². The highest BCUT2D eigenvalue weighted by molar-refractivity contribution is 6.46. The lowest BCUT2D eigenvalue weighted by atomic mass is 9.95. The number of amides is 1. The van der Waals surface area contributed by atoms with Crippen LogP contribution < -0.4 is 0 Å². The van der Waals surface area contributed by atoms with Gasteiger partial charge in [0.2, 0.25) is 0 Å². The van der Waals surface area contributed by atoms with E-state index in [1.165, 1.54) is 42.3 Å². The molecule has 0 bridgehead atoms. The third-order valence-electron chi connectivity index (χ3n) is 4.48. The Morgan fingerprint density at radius 2 is 1.79 bits per heavy atom. The molecule has 2 aromatic rings. The van der Waals surface area contributed by atoms with Crippen molar-refractivity contribution in [3.05, 3.63) is 69.2 Å². The van der Waals surface area contributed by atoms with Gasteiger partial charge in [0.25, 0.3) is 11.7 Å². The summed E-state index contributed by atoms with van der Waals surface area (Å²) in [6.07, 6.45) is 0. The Balaban J connectivity index is 2.17. The SMILES string of the molecule is COCCN1C(=O)C(=O)/C(=C(\O)c2ccc(Cl)c(Cl)c2)C1c1ccc(O)cc1. The van der Waals surface area contributed by atoms with Gasteiger partial charge in [-0.3, -0.25) is 9.59 Å². The predicted molar refractivity (Wildman–Crippen MR) is 105 cm³/mol. The van der Waals surface area contributed by atoms with Crippen molar-refractivity contribution < 1.29 is 24.5 Å². The fourth-order valence-corrected chi connectivity index (χ4v) is 3.40. The lowest BCUT2D eigenvalue weighted by molar-refractivity contribution is -0.140. The first-order chi connectivity index (χ1) is 13.3.